The van der Waals surface area contributed by atoms with E-state index in [0.29, 0.717) is 5.75 Å². The Balaban J connectivity index is 2.36. The summed E-state index contributed by atoms with van der Waals surface area (Å²) in [4.78, 5) is 23.2. The molecular formula is C16H24N2O3. The molecule has 2 amide bonds. The van der Waals surface area contributed by atoms with E-state index in [-0.39, 0.29) is 30.5 Å². The van der Waals surface area contributed by atoms with E-state index in [1.807, 2.05) is 52.8 Å². The Kier molecular flexibility index (Phi) is 5.76. The summed E-state index contributed by atoms with van der Waals surface area (Å²) < 4.78 is 5.44. The van der Waals surface area contributed by atoms with Gasteiger partial charge in [0, 0.05) is 5.54 Å². The molecule has 1 aromatic carbocycles. The van der Waals surface area contributed by atoms with Gasteiger partial charge in [0.2, 0.25) is 5.91 Å². The number of rotatable bonds is 5. The predicted molar refractivity (Wildman–Crippen MR) is 82.3 cm³/mol. The summed E-state index contributed by atoms with van der Waals surface area (Å²) in [6, 6.07) is 5.76. The van der Waals surface area contributed by atoms with Gasteiger partial charge in [0.1, 0.15) is 5.75 Å². The number of aryl methyl sites for hydroxylation is 2. The van der Waals surface area contributed by atoms with Gasteiger partial charge < -0.3 is 15.4 Å². The standard InChI is InChI=1S/C16H24N2O3/c1-11-6-7-13(12(2)8-11)21-10-15(20)17-9-14(19)18-16(3,4)5/h6-8H,9-10H2,1-5H3,(H,17,20)(H,18,19). The van der Waals surface area contributed by atoms with Crippen molar-refractivity contribution in [3.8, 4) is 5.75 Å². The maximum atomic E-state index is 11.6. The first-order chi connectivity index (χ1) is 9.67. The van der Waals surface area contributed by atoms with Crippen molar-refractivity contribution in [2.24, 2.45) is 0 Å². The molecule has 2 N–H and O–H groups in total. The topological polar surface area (TPSA) is 67.4 Å². The summed E-state index contributed by atoms with van der Waals surface area (Å²) in [5.74, 6) is 0.135. The van der Waals surface area contributed by atoms with Gasteiger partial charge in [0.15, 0.2) is 6.61 Å². The van der Waals surface area contributed by atoms with E-state index in [0.717, 1.165) is 11.1 Å². The molecule has 116 valence electrons. The zero-order valence-electron chi connectivity index (χ0n) is 13.4. The first kappa shape index (κ1) is 17.0. The van der Waals surface area contributed by atoms with Crippen molar-refractivity contribution in [3.05, 3.63) is 29.3 Å². The van der Waals surface area contributed by atoms with Gasteiger partial charge in [-0.3, -0.25) is 9.59 Å². The zero-order valence-corrected chi connectivity index (χ0v) is 13.4. The van der Waals surface area contributed by atoms with Crippen LogP contribution in [0.25, 0.3) is 0 Å². The summed E-state index contributed by atoms with van der Waals surface area (Å²) in [7, 11) is 0. The fraction of sp³-hybridized carbons (Fsp3) is 0.500. The summed E-state index contributed by atoms with van der Waals surface area (Å²) in [5.41, 5.74) is 1.81. The lowest BCUT2D eigenvalue weighted by atomic mass is 10.1. The van der Waals surface area contributed by atoms with Crippen LogP contribution < -0.4 is 15.4 Å². The average Bonchev–Trinajstić information content (AvgIpc) is 2.33. The van der Waals surface area contributed by atoms with Crippen molar-refractivity contribution < 1.29 is 14.3 Å². The van der Waals surface area contributed by atoms with Crippen molar-refractivity contribution in [2.45, 2.75) is 40.2 Å². The molecule has 0 heterocycles. The normalized spacial score (nSPS) is 10.9. The third kappa shape index (κ3) is 6.79. The SMILES string of the molecule is Cc1ccc(OCC(=O)NCC(=O)NC(C)(C)C)c(C)c1. The minimum Gasteiger partial charge on any atom is -0.484 e. The van der Waals surface area contributed by atoms with E-state index < -0.39 is 0 Å². The number of hydrogen-bond donors (Lipinski definition) is 2. The Labute approximate surface area is 126 Å². The molecule has 0 aromatic heterocycles. The van der Waals surface area contributed by atoms with Crippen LogP contribution in [0.4, 0.5) is 0 Å². The second-order valence-corrected chi connectivity index (χ2v) is 6.13. The van der Waals surface area contributed by atoms with Crippen LogP contribution in [0.1, 0.15) is 31.9 Å². The first-order valence-corrected chi connectivity index (χ1v) is 6.95. The lowest BCUT2D eigenvalue weighted by molar-refractivity contribution is -0.127. The molecule has 0 bridgehead atoms. The van der Waals surface area contributed by atoms with Crippen LogP contribution in [0, 0.1) is 13.8 Å². The quantitative estimate of drug-likeness (QED) is 0.868. The molecule has 1 aromatic rings. The van der Waals surface area contributed by atoms with Gasteiger partial charge in [0.05, 0.1) is 6.54 Å². The van der Waals surface area contributed by atoms with Gasteiger partial charge in [-0.05, 0) is 46.2 Å². The van der Waals surface area contributed by atoms with Crippen molar-refractivity contribution in [1.82, 2.24) is 10.6 Å². The predicted octanol–water partition coefficient (Wildman–Crippen LogP) is 1.71. The van der Waals surface area contributed by atoms with Gasteiger partial charge in [-0.2, -0.15) is 0 Å². The molecule has 0 aliphatic carbocycles. The minimum atomic E-state index is -0.320. The molecule has 0 fully saturated rings. The highest BCUT2D eigenvalue weighted by atomic mass is 16.5. The molecule has 21 heavy (non-hydrogen) atoms. The molecule has 0 spiro atoms. The van der Waals surface area contributed by atoms with Gasteiger partial charge >= 0.3 is 0 Å². The van der Waals surface area contributed by atoms with Crippen molar-refractivity contribution in [1.29, 1.82) is 0 Å². The monoisotopic (exact) mass is 292 g/mol. The molecule has 0 atom stereocenters. The van der Waals surface area contributed by atoms with Crippen LogP contribution in [-0.2, 0) is 9.59 Å². The summed E-state index contributed by atoms with van der Waals surface area (Å²) in [5, 5.41) is 5.30. The molecule has 5 heteroatoms. The number of amides is 2. The number of nitrogens with one attached hydrogen (secondary N) is 2. The number of hydrogen-bond acceptors (Lipinski definition) is 3. The van der Waals surface area contributed by atoms with Gasteiger partial charge in [-0.1, -0.05) is 17.7 Å². The van der Waals surface area contributed by atoms with E-state index >= 15 is 0 Å². The zero-order chi connectivity index (χ0) is 16.0. The van der Waals surface area contributed by atoms with E-state index in [1.165, 1.54) is 0 Å². The smallest absolute Gasteiger partial charge is 0.258 e. The highest BCUT2D eigenvalue weighted by Gasteiger charge is 2.14. The molecule has 0 saturated heterocycles. The maximum Gasteiger partial charge on any atom is 0.258 e. The van der Waals surface area contributed by atoms with Gasteiger partial charge in [0.25, 0.3) is 5.91 Å². The third-order valence-corrected chi connectivity index (χ3v) is 2.65. The lowest BCUT2D eigenvalue weighted by Crippen LogP contribution is -2.46. The Morgan fingerprint density at radius 3 is 2.38 bits per heavy atom. The molecule has 1 rings (SSSR count). The van der Waals surface area contributed by atoms with Crippen LogP contribution in [0.3, 0.4) is 0 Å². The molecule has 0 radical (unpaired) electrons. The van der Waals surface area contributed by atoms with E-state index in [1.54, 1.807) is 0 Å². The number of benzene rings is 1. The second kappa shape index (κ2) is 7.11. The molecule has 0 aliphatic rings. The maximum absolute atomic E-state index is 11.6. The lowest BCUT2D eigenvalue weighted by Gasteiger charge is -2.20. The van der Waals surface area contributed by atoms with E-state index in [2.05, 4.69) is 10.6 Å². The Morgan fingerprint density at radius 1 is 1.14 bits per heavy atom. The Morgan fingerprint density at radius 2 is 1.81 bits per heavy atom. The highest BCUT2D eigenvalue weighted by Crippen LogP contribution is 2.18. The van der Waals surface area contributed by atoms with E-state index in [9.17, 15) is 9.59 Å². The first-order valence-electron chi connectivity index (χ1n) is 6.95. The average molecular weight is 292 g/mol. The molecule has 0 aliphatic heterocycles. The Bertz CT molecular complexity index is 519. The fourth-order valence-electron chi connectivity index (χ4n) is 1.80. The van der Waals surface area contributed by atoms with Crippen LogP contribution in [0.2, 0.25) is 0 Å². The molecule has 5 nitrogen and oxygen atoms in total. The van der Waals surface area contributed by atoms with E-state index in [4.69, 9.17) is 4.74 Å². The van der Waals surface area contributed by atoms with Gasteiger partial charge in [-0.25, -0.2) is 0 Å². The molecule has 0 unspecified atom stereocenters. The van der Waals surface area contributed by atoms with Crippen molar-refractivity contribution in [2.75, 3.05) is 13.2 Å². The molecule has 0 saturated carbocycles. The van der Waals surface area contributed by atoms with Crippen molar-refractivity contribution in [3.63, 3.8) is 0 Å². The summed E-state index contributed by atoms with van der Waals surface area (Å²) in [6.45, 7) is 9.43. The number of carbonyl (C=O) groups is 2. The van der Waals surface area contributed by atoms with Crippen LogP contribution in [0.5, 0.6) is 5.75 Å². The Hall–Kier alpha value is -2.04. The van der Waals surface area contributed by atoms with Crippen LogP contribution in [-0.4, -0.2) is 30.5 Å². The molecular weight excluding hydrogens is 268 g/mol. The number of ether oxygens (including phenoxy) is 1. The fourth-order valence-corrected chi connectivity index (χ4v) is 1.80. The largest absolute Gasteiger partial charge is 0.484 e. The minimum absolute atomic E-state index is 0.0493. The van der Waals surface area contributed by atoms with Crippen LogP contribution >= 0.6 is 0 Å². The second-order valence-electron chi connectivity index (χ2n) is 6.13. The summed E-state index contributed by atoms with van der Waals surface area (Å²) in [6.07, 6.45) is 0. The van der Waals surface area contributed by atoms with Gasteiger partial charge in [-0.15, -0.1) is 0 Å². The van der Waals surface area contributed by atoms with Crippen molar-refractivity contribution >= 4 is 11.8 Å². The van der Waals surface area contributed by atoms with Crippen LogP contribution in [0.15, 0.2) is 18.2 Å². The third-order valence-electron chi connectivity index (χ3n) is 2.65. The number of carbonyl (C=O) groups excluding carboxylic acids is 2. The highest BCUT2D eigenvalue weighted by molar-refractivity contribution is 5.85. The summed E-state index contributed by atoms with van der Waals surface area (Å²) >= 11 is 0.